The molecular formula is C26H23N3O3S2. The number of rotatable bonds is 8. The molecule has 6 nitrogen and oxygen atoms in total. The number of methoxy groups -OCH3 is 1. The van der Waals surface area contributed by atoms with E-state index in [0.29, 0.717) is 16.4 Å². The third kappa shape index (κ3) is 6.03. The Morgan fingerprint density at radius 3 is 2.41 bits per heavy atom. The molecule has 1 heterocycles. The van der Waals surface area contributed by atoms with Crippen LogP contribution < -0.4 is 15.4 Å². The maximum Gasteiger partial charge on any atom is 0.255 e. The van der Waals surface area contributed by atoms with Crippen molar-refractivity contribution in [2.75, 3.05) is 23.5 Å². The van der Waals surface area contributed by atoms with Gasteiger partial charge in [-0.05, 0) is 67.1 Å². The molecule has 0 bridgehead atoms. The van der Waals surface area contributed by atoms with Crippen molar-refractivity contribution in [3.8, 4) is 17.0 Å². The van der Waals surface area contributed by atoms with Crippen LogP contribution in [0.15, 0.2) is 83.1 Å². The van der Waals surface area contributed by atoms with E-state index in [4.69, 9.17) is 4.74 Å². The first-order chi connectivity index (χ1) is 16.5. The highest BCUT2D eigenvalue weighted by molar-refractivity contribution is 8.00. The van der Waals surface area contributed by atoms with Crippen LogP contribution in [0.2, 0.25) is 0 Å². The standard InChI is InChI=1S/C26H23N3O3S2/c1-17-5-3-4-6-22(17)25(31)27-19-9-13-21(14-10-19)33-16-24(30)29-26-28-23(15-34-26)18-7-11-20(32-2)12-8-18/h3-15H,16H2,1-2H3,(H,27,31)(H,28,29,30). The Bertz CT molecular complexity index is 1290. The Morgan fingerprint density at radius 1 is 0.971 bits per heavy atom. The quantitative estimate of drug-likeness (QED) is 0.292. The lowest BCUT2D eigenvalue weighted by atomic mass is 10.1. The topological polar surface area (TPSA) is 80.3 Å². The van der Waals surface area contributed by atoms with Crippen molar-refractivity contribution in [2.45, 2.75) is 11.8 Å². The SMILES string of the molecule is COc1ccc(-c2csc(NC(=O)CSc3ccc(NC(=O)c4ccccc4C)cc3)n2)cc1. The molecule has 3 aromatic carbocycles. The monoisotopic (exact) mass is 489 g/mol. The summed E-state index contributed by atoms with van der Waals surface area (Å²) in [7, 11) is 1.63. The van der Waals surface area contributed by atoms with Gasteiger partial charge < -0.3 is 15.4 Å². The number of nitrogens with zero attached hydrogens (tertiary/aromatic N) is 1. The third-order valence-electron chi connectivity index (χ3n) is 5.01. The zero-order valence-corrected chi connectivity index (χ0v) is 20.3. The minimum absolute atomic E-state index is 0.127. The number of amides is 2. The molecule has 0 saturated carbocycles. The van der Waals surface area contributed by atoms with Gasteiger partial charge in [-0.2, -0.15) is 0 Å². The lowest BCUT2D eigenvalue weighted by Crippen LogP contribution is -2.14. The van der Waals surface area contributed by atoms with Gasteiger partial charge in [0, 0.05) is 27.1 Å². The molecule has 0 spiro atoms. The van der Waals surface area contributed by atoms with Gasteiger partial charge in [-0.1, -0.05) is 18.2 Å². The van der Waals surface area contributed by atoms with Crippen LogP contribution in [0.5, 0.6) is 5.75 Å². The molecule has 4 aromatic rings. The van der Waals surface area contributed by atoms with Crippen molar-refractivity contribution >= 4 is 45.7 Å². The number of aromatic nitrogens is 1. The van der Waals surface area contributed by atoms with Crippen LogP contribution in [-0.4, -0.2) is 29.7 Å². The van der Waals surface area contributed by atoms with E-state index < -0.39 is 0 Å². The van der Waals surface area contributed by atoms with Gasteiger partial charge in [0.2, 0.25) is 5.91 Å². The average Bonchev–Trinajstić information content (AvgIpc) is 3.32. The number of anilines is 2. The number of carbonyl (C=O) groups is 2. The number of thioether (sulfide) groups is 1. The van der Waals surface area contributed by atoms with Gasteiger partial charge in [0.1, 0.15) is 5.75 Å². The molecule has 8 heteroatoms. The third-order valence-corrected chi connectivity index (χ3v) is 6.78. The van der Waals surface area contributed by atoms with E-state index in [9.17, 15) is 9.59 Å². The summed E-state index contributed by atoms with van der Waals surface area (Å²) in [5.74, 6) is 0.769. The summed E-state index contributed by atoms with van der Waals surface area (Å²) in [6, 6.07) is 22.5. The summed E-state index contributed by atoms with van der Waals surface area (Å²) in [6.07, 6.45) is 0. The van der Waals surface area contributed by atoms with E-state index in [1.807, 2.05) is 79.0 Å². The van der Waals surface area contributed by atoms with Crippen molar-refractivity contribution in [3.05, 3.63) is 89.3 Å². The second kappa shape index (κ2) is 11.0. The lowest BCUT2D eigenvalue weighted by molar-refractivity contribution is -0.113. The number of hydrogen-bond donors (Lipinski definition) is 2. The van der Waals surface area contributed by atoms with E-state index in [1.54, 1.807) is 13.2 Å². The zero-order valence-electron chi connectivity index (χ0n) is 18.7. The predicted octanol–water partition coefficient (Wildman–Crippen LogP) is 6.11. The molecule has 172 valence electrons. The van der Waals surface area contributed by atoms with E-state index in [0.717, 1.165) is 27.5 Å². The van der Waals surface area contributed by atoms with Gasteiger partial charge >= 0.3 is 0 Å². The highest BCUT2D eigenvalue weighted by Gasteiger charge is 2.11. The molecule has 0 aliphatic rings. The molecule has 34 heavy (non-hydrogen) atoms. The van der Waals surface area contributed by atoms with Gasteiger partial charge in [0.05, 0.1) is 18.6 Å². The summed E-state index contributed by atoms with van der Waals surface area (Å²) in [5.41, 5.74) is 4.04. The van der Waals surface area contributed by atoms with Crippen LogP contribution in [0.3, 0.4) is 0 Å². The molecule has 2 amide bonds. The first-order valence-electron chi connectivity index (χ1n) is 10.5. The molecule has 4 rings (SSSR count). The van der Waals surface area contributed by atoms with Gasteiger partial charge in [-0.3, -0.25) is 9.59 Å². The first-order valence-corrected chi connectivity index (χ1v) is 12.4. The number of benzene rings is 3. The molecule has 0 atom stereocenters. The summed E-state index contributed by atoms with van der Waals surface area (Å²) >= 11 is 2.81. The van der Waals surface area contributed by atoms with Crippen molar-refractivity contribution in [2.24, 2.45) is 0 Å². The van der Waals surface area contributed by atoms with E-state index >= 15 is 0 Å². The molecule has 0 saturated heterocycles. The fourth-order valence-electron chi connectivity index (χ4n) is 3.19. The minimum Gasteiger partial charge on any atom is -0.497 e. The van der Waals surface area contributed by atoms with Crippen molar-refractivity contribution in [3.63, 3.8) is 0 Å². The Labute approximate surface area is 206 Å². The van der Waals surface area contributed by atoms with Crippen molar-refractivity contribution in [1.29, 1.82) is 0 Å². The summed E-state index contributed by atoms with van der Waals surface area (Å²) in [6.45, 7) is 1.91. The highest BCUT2D eigenvalue weighted by atomic mass is 32.2. The predicted molar refractivity (Wildman–Crippen MR) is 139 cm³/mol. The molecule has 1 aromatic heterocycles. The summed E-state index contributed by atoms with van der Waals surface area (Å²) < 4.78 is 5.18. The molecule has 0 aliphatic carbocycles. The maximum atomic E-state index is 12.4. The second-order valence-electron chi connectivity index (χ2n) is 7.40. The fraction of sp³-hybridized carbons (Fsp3) is 0.115. The van der Waals surface area contributed by atoms with Gasteiger partial charge in [0.25, 0.3) is 5.91 Å². The Kier molecular flexibility index (Phi) is 7.61. The second-order valence-corrected chi connectivity index (χ2v) is 9.30. The lowest BCUT2D eigenvalue weighted by Gasteiger charge is -2.08. The van der Waals surface area contributed by atoms with Crippen molar-refractivity contribution in [1.82, 2.24) is 4.98 Å². The van der Waals surface area contributed by atoms with Crippen LogP contribution in [0.1, 0.15) is 15.9 Å². The Hall–Kier alpha value is -3.62. The van der Waals surface area contributed by atoms with E-state index in [2.05, 4.69) is 15.6 Å². The van der Waals surface area contributed by atoms with Gasteiger partial charge in [0.15, 0.2) is 5.13 Å². The Morgan fingerprint density at radius 2 is 1.71 bits per heavy atom. The number of hydrogen-bond acceptors (Lipinski definition) is 6. The number of ether oxygens (including phenoxy) is 1. The Balaban J connectivity index is 1.27. The molecular weight excluding hydrogens is 466 g/mol. The summed E-state index contributed by atoms with van der Waals surface area (Å²) in [4.78, 5) is 30.3. The van der Waals surface area contributed by atoms with Gasteiger partial charge in [-0.25, -0.2) is 4.98 Å². The molecule has 2 N–H and O–H groups in total. The van der Waals surface area contributed by atoms with Crippen LogP contribution in [0.4, 0.5) is 10.8 Å². The first kappa shape index (κ1) is 23.5. The average molecular weight is 490 g/mol. The largest absolute Gasteiger partial charge is 0.497 e. The molecule has 0 radical (unpaired) electrons. The van der Waals surface area contributed by atoms with Crippen LogP contribution in [0, 0.1) is 6.92 Å². The zero-order chi connectivity index (χ0) is 23.9. The van der Waals surface area contributed by atoms with Gasteiger partial charge in [-0.15, -0.1) is 23.1 Å². The smallest absolute Gasteiger partial charge is 0.255 e. The fourth-order valence-corrected chi connectivity index (χ4v) is 4.62. The van der Waals surface area contributed by atoms with Crippen LogP contribution >= 0.6 is 23.1 Å². The number of carbonyl (C=O) groups excluding carboxylic acids is 2. The number of nitrogens with one attached hydrogen (secondary N) is 2. The molecule has 0 unspecified atom stereocenters. The minimum atomic E-state index is -0.143. The van der Waals surface area contributed by atoms with E-state index in [1.165, 1.54) is 23.1 Å². The van der Waals surface area contributed by atoms with E-state index in [-0.39, 0.29) is 17.6 Å². The maximum absolute atomic E-state index is 12.4. The molecule has 0 aliphatic heterocycles. The highest BCUT2D eigenvalue weighted by Crippen LogP contribution is 2.27. The molecule has 0 fully saturated rings. The normalized spacial score (nSPS) is 10.5. The number of thiazole rings is 1. The van der Waals surface area contributed by atoms with Crippen molar-refractivity contribution < 1.29 is 14.3 Å². The summed E-state index contributed by atoms with van der Waals surface area (Å²) in [5, 5.41) is 8.23. The van der Waals surface area contributed by atoms with Crippen LogP contribution in [0.25, 0.3) is 11.3 Å². The van der Waals surface area contributed by atoms with Crippen LogP contribution in [-0.2, 0) is 4.79 Å². The number of aryl methyl sites for hydroxylation is 1.